The molecule has 0 atom stereocenters. The van der Waals surface area contributed by atoms with Crippen molar-refractivity contribution in [2.45, 2.75) is 17.6 Å². The number of benzene rings is 1. The van der Waals surface area contributed by atoms with E-state index in [1.807, 2.05) is 25.1 Å². The second-order valence-electron chi connectivity index (χ2n) is 3.18. The molecule has 0 fully saturated rings. The summed E-state index contributed by atoms with van der Waals surface area (Å²) in [6.07, 6.45) is 0. The molecular weight excluding hydrogens is 274 g/mol. The molecule has 0 saturated carbocycles. The smallest absolute Gasteiger partial charge is 0.147 e. The van der Waals surface area contributed by atoms with E-state index in [1.54, 1.807) is 11.8 Å². The van der Waals surface area contributed by atoms with Gasteiger partial charge in [0.05, 0.1) is 11.4 Å². The number of aromatic nitrogens is 1. The topological polar surface area (TPSA) is 26.0 Å². The highest BCUT2D eigenvalue weighted by Gasteiger charge is 2.01. The SMILES string of the molecule is Cc1cc(CSc2ccc(Br)cc2)on1. The van der Waals surface area contributed by atoms with Crippen molar-refractivity contribution in [2.24, 2.45) is 0 Å². The van der Waals surface area contributed by atoms with E-state index in [0.717, 1.165) is 21.7 Å². The summed E-state index contributed by atoms with van der Waals surface area (Å²) in [7, 11) is 0. The van der Waals surface area contributed by atoms with Crippen molar-refractivity contribution in [1.82, 2.24) is 5.16 Å². The van der Waals surface area contributed by atoms with Crippen molar-refractivity contribution in [1.29, 1.82) is 0 Å². The van der Waals surface area contributed by atoms with Gasteiger partial charge in [-0.15, -0.1) is 11.8 Å². The van der Waals surface area contributed by atoms with Gasteiger partial charge in [0.25, 0.3) is 0 Å². The zero-order valence-electron chi connectivity index (χ0n) is 8.24. The van der Waals surface area contributed by atoms with E-state index in [-0.39, 0.29) is 0 Å². The van der Waals surface area contributed by atoms with Crippen LogP contribution in [0.1, 0.15) is 11.5 Å². The molecule has 1 aromatic heterocycles. The zero-order chi connectivity index (χ0) is 10.7. The van der Waals surface area contributed by atoms with Gasteiger partial charge in [-0.25, -0.2) is 0 Å². The minimum absolute atomic E-state index is 0.822. The monoisotopic (exact) mass is 283 g/mol. The van der Waals surface area contributed by atoms with E-state index in [1.165, 1.54) is 4.90 Å². The second kappa shape index (κ2) is 4.86. The maximum Gasteiger partial charge on any atom is 0.147 e. The summed E-state index contributed by atoms with van der Waals surface area (Å²) >= 11 is 5.15. The second-order valence-corrected chi connectivity index (χ2v) is 5.14. The summed E-state index contributed by atoms with van der Waals surface area (Å²) in [6, 6.07) is 10.2. The Kier molecular flexibility index (Phi) is 3.49. The fourth-order valence-corrected chi connectivity index (χ4v) is 2.21. The lowest BCUT2D eigenvalue weighted by molar-refractivity contribution is 0.391. The molecule has 0 aliphatic rings. The Bertz CT molecular complexity index is 438. The number of rotatable bonds is 3. The molecule has 1 heterocycles. The molecule has 0 aliphatic carbocycles. The van der Waals surface area contributed by atoms with E-state index in [2.05, 4.69) is 33.2 Å². The van der Waals surface area contributed by atoms with Gasteiger partial charge in [0, 0.05) is 15.4 Å². The lowest BCUT2D eigenvalue weighted by atomic mass is 10.4. The summed E-state index contributed by atoms with van der Waals surface area (Å²) in [6.45, 7) is 1.93. The molecule has 0 spiro atoms. The molecule has 1 aromatic carbocycles. The third-order valence-electron chi connectivity index (χ3n) is 1.87. The molecular formula is C11H10BrNOS. The average molecular weight is 284 g/mol. The van der Waals surface area contributed by atoms with Crippen LogP contribution in [-0.4, -0.2) is 5.16 Å². The number of aryl methyl sites for hydroxylation is 1. The van der Waals surface area contributed by atoms with E-state index in [0.29, 0.717) is 0 Å². The third-order valence-corrected chi connectivity index (χ3v) is 3.43. The summed E-state index contributed by atoms with van der Waals surface area (Å²) in [5, 5.41) is 3.85. The van der Waals surface area contributed by atoms with Crippen LogP contribution in [0.4, 0.5) is 0 Å². The van der Waals surface area contributed by atoms with E-state index in [4.69, 9.17) is 4.52 Å². The Morgan fingerprint density at radius 3 is 2.67 bits per heavy atom. The molecule has 0 saturated heterocycles. The van der Waals surface area contributed by atoms with Crippen LogP contribution < -0.4 is 0 Å². The van der Waals surface area contributed by atoms with Gasteiger partial charge in [-0.2, -0.15) is 0 Å². The number of halogens is 1. The van der Waals surface area contributed by atoms with Crippen LogP contribution in [-0.2, 0) is 5.75 Å². The van der Waals surface area contributed by atoms with Gasteiger partial charge in [-0.3, -0.25) is 0 Å². The molecule has 0 radical (unpaired) electrons. The van der Waals surface area contributed by atoms with Crippen LogP contribution in [0.5, 0.6) is 0 Å². The first-order valence-corrected chi connectivity index (χ1v) is 6.32. The van der Waals surface area contributed by atoms with E-state index in [9.17, 15) is 0 Å². The maximum atomic E-state index is 5.13. The largest absolute Gasteiger partial charge is 0.360 e. The zero-order valence-corrected chi connectivity index (χ0v) is 10.6. The summed E-state index contributed by atoms with van der Waals surface area (Å²) in [4.78, 5) is 1.23. The number of hydrogen-bond acceptors (Lipinski definition) is 3. The highest BCUT2D eigenvalue weighted by molar-refractivity contribution is 9.10. The molecule has 0 N–H and O–H groups in total. The highest BCUT2D eigenvalue weighted by Crippen LogP contribution is 2.24. The standard InChI is InChI=1S/C11H10BrNOS/c1-8-6-10(14-13-8)7-15-11-4-2-9(12)3-5-11/h2-6H,7H2,1H3. The van der Waals surface area contributed by atoms with Crippen molar-refractivity contribution in [3.63, 3.8) is 0 Å². The number of thioether (sulfide) groups is 1. The molecule has 2 rings (SSSR count). The van der Waals surface area contributed by atoms with Crippen LogP contribution in [0, 0.1) is 6.92 Å². The van der Waals surface area contributed by atoms with Crippen LogP contribution in [0.25, 0.3) is 0 Å². The number of hydrogen-bond donors (Lipinski definition) is 0. The fraction of sp³-hybridized carbons (Fsp3) is 0.182. The highest BCUT2D eigenvalue weighted by atomic mass is 79.9. The van der Waals surface area contributed by atoms with Crippen LogP contribution in [0.2, 0.25) is 0 Å². The Balaban J connectivity index is 1.96. The lowest BCUT2D eigenvalue weighted by Crippen LogP contribution is -1.76. The molecule has 0 aliphatic heterocycles. The molecule has 0 amide bonds. The molecule has 78 valence electrons. The van der Waals surface area contributed by atoms with E-state index >= 15 is 0 Å². The van der Waals surface area contributed by atoms with Crippen LogP contribution >= 0.6 is 27.7 Å². The van der Waals surface area contributed by atoms with Gasteiger partial charge in [0.1, 0.15) is 5.76 Å². The van der Waals surface area contributed by atoms with Gasteiger partial charge in [0.2, 0.25) is 0 Å². The minimum atomic E-state index is 0.822. The molecule has 2 aromatic rings. The van der Waals surface area contributed by atoms with Gasteiger partial charge in [0.15, 0.2) is 0 Å². The Labute approximate surface area is 101 Å². The molecule has 4 heteroatoms. The quantitative estimate of drug-likeness (QED) is 0.796. The van der Waals surface area contributed by atoms with Crippen molar-refractivity contribution >= 4 is 27.7 Å². The Hall–Kier alpha value is -0.740. The van der Waals surface area contributed by atoms with E-state index < -0.39 is 0 Å². The first-order valence-electron chi connectivity index (χ1n) is 4.54. The van der Waals surface area contributed by atoms with Gasteiger partial charge >= 0.3 is 0 Å². The number of nitrogens with zero attached hydrogens (tertiary/aromatic N) is 1. The summed E-state index contributed by atoms with van der Waals surface area (Å²) in [5.74, 6) is 1.74. The molecule has 0 unspecified atom stereocenters. The minimum Gasteiger partial charge on any atom is -0.360 e. The lowest BCUT2D eigenvalue weighted by Gasteiger charge is -1.98. The first kappa shape index (κ1) is 10.8. The molecule has 2 nitrogen and oxygen atoms in total. The van der Waals surface area contributed by atoms with Crippen LogP contribution in [0.3, 0.4) is 0 Å². The van der Waals surface area contributed by atoms with Crippen molar-refractivity contribution < 1.29 is 4.52 Å². The Morgan fingerprint density at radius 1 is 1.33 bits per heavy atom. The Morgan fingerprint density at radius 2 is 2.07 bits per heavy atom. The third kappa shape index (κ3) is 3.11. The normalized spacial score (nSPS) is 10.5. The molecule has 0 bridgehead atoms. The molecule has 15 heavy (non-hydrogen) atoms. The van der Waals surface area contributed by atoms with Gasteiger partial charge < -0.3 is 4.52 Å². The van der Waals surface area contributed by atoms with Crippen molar-refractivity contribution in [2.75, 3.05) is 0 Å². The fourth-order valence-electron chi connectivity index (χ4n) is 1.17. The summed E-state index contributed by atoms with van der Waals surface area (Å²) in [5.41, 5.74) is 0.932. The predicted molar refractivity (Wildman–Crippen MR) is 64.9 cm³/mol. The van der Waals surface area contributed by atoms with Crippen molar-refractivity contribution in [3.05, 3.63) is 46.3 Å². The predicted octanol–water partition coefficient (Wildman–Crippen LogP) is 4.04. The average Bonchev–Trinajstić information content (AvgIpc) is 2.64. The van der Waals surface area contributed by atoms with Gasteiger partial charge in [-0.05, 0) is 31.2 Å². The first-order chi connectivity index (χ1) is 7.24. The maximum absolute atomic E-state index is 5.13. The summed E-state index contributed by atoms with van der Waals surface area (Å²) < 4.78 is 6.23. The van der Waals surface area contributed by atoms with Crippen molar-refractivity contribution in [3.8, 4) is 0 Å². The van der Waals surface area contributed by atoms with Gasteiger partial charge in [-0.1, -0.05) is 21.1 Å². The van der Waals surface area contributed by atoms with Crippen LogP contribution in [0.15, 0.2) is 44.2 Å².